The number of amides is 1. The molecule has 0 bridgehead atoms. The van der Waals surface area contributed by atoms with E-state index in [2.05, 4.69) is 83.9 Å². The molecule has 0 spiro atoms. The second-order valence-corrected chi connectivity index (χ2v) is 11.8. The lowest BCUT2D eigenvalue weighted by Crippen LogP contribution is -2.47. The largest absolute Gasteiger partial charge is 0.345 e. The molecule has 5 heteroatoms. The summed E-state index contributed by atoms with van der Waals surface area (Å²) in [5, 5.41) is 0. The lowest BCUT2D eigenvalue weighted by atomic mass is 9.99. The monoisotopic (exact) mass is 540 g/mol. The maximum Gasteiger partial charge on any atom is 0.254 e. The first-order valence-electron chi connectivity index (χ1n) is 15.3. The number of anilines is 2. The molecule has 1 aliphatic rings. The first-order chi connectivity index (χ1) is 19.4. The van der Waals surface area contributed by atoms with Gasteiger partial charge in [-0.1, -0.05) is 57.9 Å². The number of aryl methyl sites for hydroxylation is 1. The van der Waals surface area contributed by atoms with Crippen LogP contribution in [0.2, 0.25) is 0 Å². The van der Waals surface area contributed by atoms with Gasteiger partial charge in [-0.15, -0.1) is 0 Å². The van der Waals surface area contributed by atoms with Gasteiger partial charge in [0.15, 0.2) is 0 Å². The number of pyridine rings is 1. The Morgan fingerprint density at radius 2 is 1.52 bits per heavy atom. The van der Waals surface area contributed by atoms with E-state index in [1.165, 1.54) is 36.8 Å². The number of hydrogen-bond acceptors (Lipinski definition) is 4. The number of carbonyl (C=O) groups excluding carboxylic acids is 1. The molecule has 0 unspecified atom stereocenters. The molecule has 1 fully saturated rings. The van der Waals surface area contributed by atoms with Crippen LogP contribution in [0.15, 0.2) is 73.1 Å². The molecule has 1 saturated heterocycles. The van der Waals surface area contributed by atoms with Crippen molar-refractivity contribution in [3.63, 3.8) is 0 Å². The second kappa shape index (κ2) is 15.0. The van der Waals surface area contributed by atoms with Gasteiger partial charge in [-0.25, -0.2) is 0 Å². The highest BCUT2D eigenvalue weighted by Gasteiger charge is 2.29. The first kappa shape index (κ1) is 29.8. The molecule has 2 aromatic carbocycles. The Hall–Kier alpha value is -3.18. The van der Waals surface area contributed by atoms with Gasteiger partial charge in [-0.3, -0.25) is 9.78 Å². The van der Waals surface area contributed by atoms with E-state index in [4.69, 9.17) is 0 Å². The van der Waals surface area contributed by atoms with Crippen molar-refractivity contribution >= 4 is 17.3 Å². The maximum atomic E-state index is 14.0. The summed E-state index contributed by atoms with van der Waals surface area (Å²) in [7, 11) is 2.07. The normalized spacial score (nSPS) is 14.4. The molecule has 2 heterocycles. The Morgan fingerprint density at radius 3 is 2.15 bits per heavy atom. The molecule has 0 aliphatic carbocycles. The summed E-state index contributed by atoms with van der Waals surface area (Å²) >= 11 is 0. The van der Waals surface area contributed by atoms with E-state index in [0.717, 1.165) is 61.8 Å². The SMILES string of the molecule is CCCCCc1ccc(C(=O)N(Cc2ccc(N(C)c3ccncc3)cc2)C2CCN(CCC(C)C)CC2)cc1. The Labute approximate surface area is 242 Å². The zero-order chi connectivity index (χ0) is 28.3. The quantitative estimate of drug-likeness (QED) is 0.208. The third-order valence-electron chi connectivity index (χ3n) is 8.28. The smallest absolute Gasteiger partial charge is 0.254 e. The number of unbranched alkanes of at least 4 members (excludes halogenated alkanes) is 2. The summed E-state index contributed by atoms with van der Waals surface area (Å²) < 4.78 is 0. The van der Waals surface area contributed by atoms with Crippen LogP contribution in [0, 0.1) is 5.92 Å². The lowest BCUT2D eigenvalue weighted by Gasteiger charge is -2.39. The predicted octanol–water partition coefficient (Wildman–Crippen LogP) is 7.74. The number of piperidine rings is 1. The van der Waals surface area contributed by atoms with E-state index in [-0.39, 0.29) is 11.9 Å². The summed E-state index contributed by atoms with van der Waals surface area (Å²) in [5.74, 6) is 0.875. The minimum atomic E-state index is 0.152. The van der Waals surface area contributed by atoms with Crippen molar-refractivity contribution in [2.24, 2.45) is 5.92 Å². The highest BCUT2D eigenvalue weighted by atomic mass is 16.2. The van der Waals surface area contributed by atoms with Gasteiger partial charge >= 0.3 is 0 Å². The van der Waals surface area contributed by atoms with Crippen LogP contribution in [0.4, 0.5) is 11.4 Å². The van der Waals surface area contributed by atoms with Crippen LogP contribution in [0.5, 0.6) is 0 Å². The average molecular weight is 541 g/mol. The van der Waals surface area contributed by atoms with Crippen molar-refractivity contribution in [2.45, 2.75) is 78.3 Å². The average Bonchev–Trinajstić information content (AvgIpc) is 3.00. The van der Waals surface area contributed by atoms with Crippen LogP contribution in [-0.2, 0) is 13.0 Å². The van der Waals surface area contributed by atoms with Crippen LogP contribution in [0.25, 0.3) is 0 Å². The zero-order valence-corrected chi connectivity index (χ0v) is 25.1. The van der Waals surface area contributed by atoms with Gasteiger partial charge in [0.1, 0.15) is 0 Å². The second-order valence-electron chi connectivity index (χ2n) is 11.8. The van der Waals surface area contributed by atoms with E-state index in [9.17, 15) is 4.79 Å². The molecular formula is C35H48N4O. The molecule has 0 atom stereocenters. The molecule has 5 nitrogen and oxygen atoms in total. The molecular weight excluding hydrogens is 492 g/mol. The molecule has 4 rings (SSSR count). The third kappa shape index (κ3) is 8.41. The molecule has 1 aliphatic heterocycles. The third-order valence-corrected chi connectivity index (χ3v) is 8.28. The van der Waals surface area contributed by atoms with Gasteiger partial charge in [0.05, 0.1) is 0 Å². The Balaban J connectivity index is 1.48. The van der Waals surface area contributed by atoms with E-state index < -0.39 is 0 Å². The molecule has 0 saturated carbocycles. The molecule has 0 radical (unpaired) electrons. The van der Waals surface area contributed by atoms with Crippen molar-refractivity contribution < 1.29 is 4.79 Å². The van der Waals surface area contributed by atoms with Gasteiger partial charge in [0.2, 0.25) is 0 Å². The Bertz CT molecular complexity index is 1150. The fourth-order valence-corrected chi connectivity index (χ4v) is 5.56. The van der Waals surface area contributed by atoms with Crippen molar-refractivity contribution in [3.8, 4) is 0 Å². The van der Waals surface area contributed by atoms with Crippen molar-refractivity contribution in [2.75, 3.05) is 31.6 Å². The maximum absolute atomic E-state index is 14.0. The number of rotatable bonds is 13. The summed E-state index contributed by atoms with van der Waals surface area (Å²) in [6.07, 6.45) is 11.7. The highest BCUT2D eigenvalue weighted by molar-refractivity contribution is 5.94. The standard InChI is InChI=1S/C35H48N4O/c1-5-6-7-8-29-9-13-31(14-10-29)35(40)39(34-20-25-38(26-21-34)24-19-28(2)3)27-30-11-15-32(16-12-30)37(4)33-17-22-36-23-18-33/h9-18,22-23,28,34H,5-8,19-21,24-27H2,1-4H3. The molecule has 40 heavy (non-hydrogen) atoms. The lowest BCUT2D eigenvalue weighted by molar-refractivity contribution is 0.0546. The van der Waals surface area contributed by atoms with Crippen LogP contribution >= 0.6 is 0 Å². The van der Waals surface area contributed by atoms with Gasteiger partial charge in [0, 0.05) is 62.1 Å². The van der Waals surface area contributed by atoms with Gasteiger partial charge < -0.3 is 14.7 Å². The van der Waals surface area contributed by atoms with Crippen molar-refractivity contribution in [1.29, 1.82) is 0 Å². The fraction of sp³-hybridized carbons (Fsp3) is 0.486. The van der Waals surface area contributed by atoms with E-state index >= 15 is 0 Å². The number of nitrogens with zero attached hydrogens (tertiary/aromatic N) is 4. The summed E-state index contributed by atoms with van der Waals surface area (Å²) in [6, 6.07) is 21.3. The highest BCUT2D eigenvalue weighted by Crippen LogP contribution is 2.26. The minimum Gasteiger partial charge on any atom is -0.345 e. The van der Waals surface area contributed by atoms with Gasteiger partial charge in [-0.2, -0.15) is 0 Å². The summed E-state index contributed by atoms with van der Waals surface area (Å²) in [5.41, 5.74) is 5.50. The topological polar surface area (TPSA) is 39.7 Å². The molecule has 3 aromatic rings. The van der Waals surface area contributed by atoms with E-state index in [0.29, 0.717) is 6.54 Å². The number of likely N-dealkylation sites (tertiary alicyclic amines) is 1. The predicted molar refractivity (Wildman–Crippen MR) is 167 cm³/mol. The molecule has 0 N–H and O–H groups in total. The first-order valence-corrected chi connectivity index (χ1v) is 15.3. The number of aromatic nitrogens is 1. The number of hydrogen-bond donors (Lipinski definition) is 0. The van der Waals surface area contributed by atoms with Gasteiger partial charge in [0.25, 0.3) is 5.91 Å². The van der Waals surface area contributed by atoms with Crippen LogP contribution in [0.3, 0.4) is 0 Å². The van der Waals surface area contributed by atoms with Crippen LogP contribution < -0.4 is 4.90 Å². The van der Waals surface area contributed by atoms with Gasteiger partial charge in [-0.05, 0) is 92.1 Å². The minimum absolute atomic E-state index is 0.152. The van der Waals surface area contributed by atoms with Crippen molar-refractivity contribution in [3.05, 3.63) is 89.7 Å². The van der Waals surface area contributed by atoms with Crippen LogP contribution in [0.1, 0.15) is 80.8 Å². The summed E-state index contributed by atoms with van der Waals surface area (Å²) in [4.78, 5) is 25.0. The molecule has 1 aromatic heterocycles. The fourth-order valence-electron chi connectivity index (χ4n) is 5.56. The molecule has 214 valence electrons. The number of benzene rings is 2. The van der Waals surface area contributed by atoms with E-state index in [1.807, 2.05) is 36.7 Å². The number of carbonyl (C=O) groups is 1. The Kier molecular flexibility index (Phi) is 11.2. The Morgan fingerprint density at radius 1 is 0.900 bits per heavy atom. The zero-order valence-electron chi connectivity index (χ0n) is 25.1. The molecule has 1 amide bonds. The van der Waals surface area contributed by atoms with E-state index in [1.54, 1.807) is 0 Å². The van der Waals surface area contributed by atoms with Crippen LogP contribution in [-0.4, -0.2) is 53.4 Å². The van der Waals surface area contributed by atoms with Crippen molar-refractivity contribution in [1.82, 2.24) is 14.8 Å². The summed E-state index contributed by atoms with van der Waals surface area (Å²) in [6.45, 7) is 10.7.